The molecule has 1 fully saturated rings. The molecule has 1 aromatic rings. The number of hydrogen-bond acceptors (Lipinski definition) is 4. The van der Waals surface area contributed by atoms with Crippen LogP contribution in [0.15, 0.2) is 18.3 Å². The summed E-state index contributed by atoms with van der Waals surface area (Å²) in [7, 11) is 0. The van der Waals surface area contributed by atoms with E-state index in [4.69, 9.17) is 0 Å². The number of nitrogens with one attached hydrogen (secondary N) is 1. The van der Waals surface area contributed by atoms with Crippen LogP contribution in [0.25, 0.3) is 0 Å². The Labute approximate surface area is 110 Å². The maximum Gasteiger partial charge on any atom is 0.127 e. The molecule has 0 bridgehead atoms. The van der Waals surface area contributed by atoms with Crippen molar-refractivity contribution >= 4 is 11.5 Å². The van der Waals surface area contributed by atoms with Gasteiger partial charge >= 0.3 is 0 Å². The molecule has 0 amide bonds. The minimum atomic E-state index is 0.986. The van der Waals surface area contributed by atoms with Gasteiger partial charge in [0.15, 0.2) is 0 Å². The van der Waals surface area contributed by atoms with E-state index in [0.29, 0.717) is 0 Å². The third-order valence-corrected chi connectivity index (χ3v) is 3.48. The average Bonchev–Trinajstić information content (AvgIpc) is 2.45. The summed E-state index contributed by atoms with van der Waals surface area (Å²) in [4.78, 5) is 9.30. The molecule has 0 aromatic carbocycles. The van der Waals surface area contributed by atoms with E-state index in [0.717, 1.165) is 51.5 Å². The molecule has 0 aliphatic carbocycles. The molecule has 0 radical (unpaired) electrons. The van der Waals surface area contributed by atoms with Crippen molar-refractivity contribution in [2.24, 2.45) is 0 Å². The minimum Gasteiger partial charge on any atom is -0.370 e. The molecule has 100 valence electrons. The summed E-state index contributed by atoms with van der Waals surface area (Å²) in [6, 6.07) is 4.27. The Hall–Kier alpha value is -1.29. The number of piperazine rings is 1. The van der Waals surface area contributed by atoms with Gasteiger partial charge in [0.05, 0.1) is 0 Å². The first-order chi connectivity index (χ1) is 8.83. The normalized spacial score (nSPS) is 16.9. The number of pyridine rings is 1. The summed E-state index contributed by atoms with van der Waals surface area (Å²) in [5.41, 5.74) is 1.29. The van der Waals surface area contributed by atoms with E-state index in [-0.39, 0.29) is 0 Å². The summed E-state index contributed by atoms with van der Waals surface area (Å²) in [6.07, 6.45) is 3.03. The van der Waals surface area contributed by atoms with Crippen LogP contribution in [0.3, 0.4) is 0 Å². The van der Waals surface area contributed by atoms with Crippen LogP contribution in [-0.4, -0.2) is 49.2 Å². The lowest BCUT2D eigenvalue weighted by Gasteiger charge is -2.35. The summed E-state index contributed by atoms with van der Waals surface area (Å²) in [6.45, 7) is 11.1. The van der Waals surface area contributed by atoms with Crippen molar-refractivity contribution in [2.45, 2.75) is 20.3 Å². The SMILES string of the molecule is CCCNc1cc(N2CCN(CC)CC2)ccn1. The van der Waals surface area contributed by atoms with Crippen LogP contribution in [-0.2, 0) is 0 Å². The van der Waals surface area contributed by atoms with Crippen molar-refractivity contribution in [1.82, 2.24) is 9.88 Å². The molecular weight excluding hydrogens is 224 g/mol. The third-order valence-electron chi connectivity index (χ3n) is 3.48. The standard InChI is InChI=1S/C14H24N4/c1-3-6-15-14-12-13(5-7-16-14)18-10-8-17(4-2)9-11-18/h5,7,12H,3-4,6,8-11H2,1-2H3,(H,15,16). The molecule has 1 aliphatic heterocycles. The highest BCUT2D eigenvalue weighted by Gasteiger charge is 2.15. The molecule has 0 saturated carbocycles. The lowest BCUT2D eigenvalue weighted by atomic mass is 10.2. The largest absolute Gasteiger partial charge is 0.370 e. The van der Waals surface area contributed by atoms with E-state index in [9.17, 15) is 0 Å². The highest BCUT2D eigenvalue weighted by molar-refractivity contribution is 5.54. The zero-order chi connectivity index (χ0) is 12.8. The summed E-state index contributed by atoms with van der Waals surface area (Å²) < 4.78 is 0. The van der Waals surface area contributed by atoms with E-state index in [1.54, 1.807) is 0 Å². The molecule has 0 spiro atoms. The second-order valence-corrected chi connectivity index (χ2v) is 4.75. The number of anilines is 2. The Balaban J connectivity index is 1.96. The van der Waals surface area contributed by atoms with Crippen molar-refractivity contribution < 1.29 is 0 Å². The van der Waals surface area contributed by atoms with Crippen LogP contribution in [0, 0.1) is 0 Å². The number of rotatable bonds is 5. The molecule has 0 atom stereocenters. The smallest absolute Gasteiger partial charge is 0.127 e. The molecule has 4 nitrogen and oxygen atoms in total. The Morgan fingerprint density at radius 1 is 1.22 bits per heavy atom. The summed E-state index contributed by atoms with van der Waals surface area (Å²) in [5.74, 6) is 0.993. The van der Waals surface area contributed by atoms with Gasteiger partial charge in [-0.2, -0.15) is 0 Å². The van der Waals surface area contributed by atoms with Crippen LogP contribution in [0.4, 0.5) is 11.5 Å². The van der Waals surface area contributed by atoms with Crippen LogP contribution in [0.2, 0.25) is 0 Å². The van der Waals surface area contributed by atoms with Gasteiger partial charge in [0, 0.05) is 50.7 Å². The maximum absolute atomic E-state index is 4.35. The van der Waals surface area contributed by atoms with Crippen LogP contribution in [0.1, 0.15) is 20.3 Å². The lowest BCUT2D eigenvalue weighted by molar-refractivity contribution is 0.271. The Kier molecular flexibility index (Phi) is 4.81. The zero-order valence-electron chi connectivity index (χ0n) is 11.5. The monoisotopic (exact) mass is 248 g/mol. The minimum absolute atomic E-state index is 0.986. The van der Waals surface area contributed by atoms with Gasteiger partial charge in [0.1, 0.15) is 5.82 Å². The van der Waals surface area contributed by atoms with Gasteiger partial charge in [0.2, 0.25) is 0 Å². The fraction of sp³-hybridized carbons (Fsp3) is 0.643. The maximum atomic E-state index is 4.35. The van der Waals surface area contributed by atoms with Crippen molar-refractivity contribution in [3.63, 3.8) is 0 Å². The van der Waals surface area contributed by atoms with Crippen LogP contribution in [0.5, 0.6) is 0 Å². The molecule has 18 heavy (non-hydrogen) atoms. The second kappa shape index (κ2) is 6.59. The Morgan fingerprint density at radius 3 is 2.67 bits per heavy atom. The van der Waals surface area contributed by atoms with E-state index >= 15 is 0 Å². The van der Waals surface area contributed by atoms with Gasteiger partial charge < -0.3 is 15.1 Å². The first kappa shape index (κ1) is 13.1. The summed E-state index contributed by atoms with van der Waals surface area (Å²) >= 11 is 0. The number of likely N-dealkylation sites (N-methyl/N-ethyl adjacent to an activating group) is 1. The van der Waals surface area contributed by atoms with Gasteiger partial charge in [0.25, 0.3) is 0 Å². The average molecular weight is 248 g/mol. The first-order valence-electron chi connectivity index (χ1n) is 7.00. The van der Waals surface area contributed by atoms with Gasteiger partial charge in [-0.25, -0.2) is 4.98 Å². The van der Waals surface area contributed by atoms with Gasteiger partial charge in [-0.3, -0.25) is 0 Å². The molecule has 1 saturated heterocycles. The topological polar surface area (TPSA) is 31.4 Å². The van der Waals surface area contributed by atoms with E-state index in [2.05, 4.69) is 46.1 Å². The molecule has 4 heteroatoms. The molecule has 0 unspecified atom stereocenters. The molecule has 1 aliphatic rings. The zero-order valence-corrected chi connectivity index (χ0v) is 11.5. The number of aromatic nitrogens is 1. The van der Waals surface area contributed by atoms with E-state index in [1.165, 1.54) is 5.69 Å². The second-order valence-electron chi connectivity index (χ2n) is 4.75. The number of hydrogen-bond donors (Lipinski definition) is 1. The Morgan fingerprint density at radius 2 is 2.00 bits per heavy atom. The van der Waals surface area contributed by atoms with Crippen molar-refractivity contribution in [3.8, 4) is 0 Å². The Bertz CT molecular complexity index is 359. The number of nitrogens with zero attached hydrogens (tertiary/aromatic N) is 3. The molecule has 2 rings (SSSR count). The van der Waals surface area contributed by atoms with Gasteiger partial charge in [-0.1, -0.05) is 13.8 Å². The molecular formula is C14H24N4. The fourth-order valence-corrected chi connectivity index (χ4v) is 2.29. The highest BCUT2D eigenvalue weighted by Crippen LogP contribution is 2.18. The molecule has 2 heterocycles. The molecule has 1 aromatic heterocycles. The van der Waals surface area contributed by atoms with Crippen LogP contribution < -0.4 is 10.2 Å². The highest BCUT2D eigenvalue weighted by atomic mass is 15.3. The first-order valence-corrected chi connectivity index (χ1v) is 7.00. The molecule has 1 N–H and O–H groups in total. The fourth-order valence-electron chi connectivity index (χ4n) is 2.29. The third kappa shape index (κ3) is 3.35. The predicted octanol–water partition coefficient (Wildman–Crippen LogP) is 2.05. The quantitative estimate of drug-likeness (QED) is 0.864. The predicted molar refractivity (Wildman–Crippen MR) is 77.3 cm³/mol. The van der Waals surface area contributed by atoms with Gasteiger partial charge in [-0.05, 0) is 19.0 Å². The van der Waals surface area contributed by atoms with Crippen molar-refractivity contribution in [3.05, 3.63) is 18.3 Å². The van der Waals surface area contributed by atoms with Crippen molar-refractivity contribution in [2.75, 3.05) is 49.5 Å². The van der Waals surface area contributed by atoms with Gasteiger partial charge in [-0.15, -0.1) is 0 Å². The summed E-state index contributed by atoms with van der Waals surface area (Å²) in [5, 5.41) is 3.35. The van der Waals surface area contributed by atoms with E-state index in [1.807, 2.05) is 6.20 Å². The van der Waals surface area contributed by atoms with Crippen LogP contribution >= 0.6 is 0 Å². The van der Waals surface area contributed by atoms with Crippen molar-refractivity contribution in [1.29, 1.82) is 0 Å². The lowest BCUT2D eigenvalue weighted by Crippen LogP contribution is -2.46. The van der Waals surface area contributed by atoms with E-state index < -0.39 is 0 Å².